The summed E-state index contributed by atoms with van der Waals surface area (Å²) in [6.07, 6.45) is -10.4. The third-order valence-corrected chi connectivity index (χ3v) is 9.23. The van der Waals surface area contributed by atoms with Gasteiger partial charge in [-0.2, -0.15) is 31.3 Å². The first-order valence-corrected chi connectivity index (χ1v) is 14.5. The number of carbonyl (C=O) groups excluding carboxylic acids is 1. The van der Waals surface area contributed by atoms with Gasteiger partial charge in [0.05, 0.1) is 20.3 Å². The van der Waals surface area contributed by atoms with Gasteiger partial charge in [0.15, 0.2) is 5.01 Å². The van der Waals surface area contributed by atoms with Crippen molar-refractivity contribution in [3.05, 3.63) is 39.3 Å². The van der Waals surface area contributed by atoms with Gasteiger partial charge in [0.25, 0.3) is 11.5 Å². The number of carboxylic acid groups (broad SMARTS) is 1. The summed E-state index contributed by atoms with van der Waals surface area (Å²) in [5, 5.41) is 21.0. The number of hydrogen-bond donors (Lipinski definition) is 2. The fraction of sp³-hybridized carbons (Fsp3) is 0.500. The van der Waals surface area contributed by atoms with Gasteiger partial charge in [-0.25, -0.2) is 4.98 Å². The Bertz CT molecular complexity index is 1580. The molecule has 0 unspecified atom stereocenters. The molecule has 1 aromatic carbocycles. The number of aliphatic carboxylic acids is 1. The monoisotopic (exact) mass is 688 g/mol. The van der Waals surface area contributed by atoms with E-state index in [4.69, 9.17) is 27.7 Å². The van der Waals surface area contributed by atoms with Crippen molar-refractivity contribution in [3.63, 3.8) is 0 Å². The highest BCUT2D eigenvalue weighted by Gasteiger charge is 2.72. The van der Waals surface area contributed by atoms with E-state index in [1.165, 1.54) is 18.7 Å². The minimum atomic E-state index is -6.21. The van der Waals surface area contributed by atoms with E-state index in [0.29, 0.717) is 25.5 Å². The average molecular weight is 689 g/mol. The van der Waals surface area contributed by atoms with Crippen LogP contribution in [0.15, 0.2) is 16.7 Å². The van der Waals surface area contributed by atoms with E-state index in [1.807, 2.05) is 6.92 Å². The molecular formula is C26H24Cl2F6N4O5S. The molecule has 1 atom stereocenters. The van der Waals surface area contributed by atoms with Gasteiger partial charge in [0.2, 0.25) is 11.7 Å². The molecule has 3 heterocycles. The van der Waals surface area contributed by atoms with Gasteiger partial charge in [-0.3, -0.25) is 9.59 Å². The van der Waals surface area contributed by atoms with Crippen molar-refractivity contribution in [1.29, 1.82) is 0 Å². The summed E-state index contributed by atoms with van der Waals surface area (Å²) in [6.45, 7) is 5.05. The summed E-state index contributed by atoms with van der Waals surface area (Å²) < 4.78 is 86.7. The number of rotatable bonds is 7. The average Bonchev–Trinajstić information content (AvgIpc) is 3.55. The van der Waals surface area contributed by atoms with Crippen molar-refractivity contribution in [2.24, 2.45) is 5.41 Å². The molecule has 0 spiro atoms. The molecule has 3 aromatic rings. The number of hydrogen-bond acceptors (Lipinski definition) is 8. The number of thiazole rings is 1. The fourth-order valence-corrected chi connectivity index (χ4v) is 6.25. The second-order valence-corrected chi connectivity index (χ2v) is 12.7. The number of piperidine rings is 1. The van der Waals surface area contributed by atoms with E-state index in [0.717, 1.165) is 23.8 Å². The van der Waals surface area contributed by atoms with E-state index < -0.39 is 50.9 Å². The topological polar surface area (TPSA) is 130 Å². The van der Waals surface area contributed by atoms with Crippen LogP contribution >= 0.6 is 34.5 Å². The zero-order chi connectivity index (χ0) is 33.0. The highest BCUT2D eigenvalue weighted by atomic mass is 35.5. The molecule has 0 bridgehead atoms. The summed E-state index contributed by atoms with van der Waals surface area (Å²) in [5.74, 6) is -1.94. The fourth-order valence-electron chi connectivity index (χ4n) is 4.62. The summed E-state index contributed by atoms with van der Waals surface area (Å²) in [6, 6.07) is 0.901. The van der Waals surface area contributed by atoms with Crippen LogP contribution in [0.25, 0.3) is 21.3 Å². The van der Waals surface area contributed by atoms with E-state index in [9.17, 15) is 46.1 Å². The van der Waals surface area contributed by atoms with Gasteiger partial charge < -0.3 is 19.6 Å². The number of aromatic nitrogens is 3. The van der Waals surface area contributed by atoms with Crippen molar-refractivity contribution in [1.82, 2.24) is 20.0 Å². The lowest BCUT2D eigenvalue weighted by molar-refractivity contribution is -0.376. The highest BCUT2D eigenvalue weighted by Crippen LogP contribution is 2.54. The summed E-state index contributed by atoms with van der Waals surface area (Å²) >= 11 is 13.0. The van der Waals surface area contributed by atoms with Crippen molar-refractivity contribution >= 4 is 46.4 Å². The number of carbonyl (C=O) groups is 2. The lowest BCUT2D eigenvalue weighted by atomic mass is 9.90. The maximum Gasteiger partial charge on any atom is 0.430 e. The zero-order valence-corrected chi connectivity index (χ0v) is 25.4. The highest BCUT2D eigenvalue weighted by molar-refractivity contribution is 7.18. The van der Waals surface area contributed by atoms with Gasteiger partial charge in [-0.15, -0.1) is 11.3 Å². The number of benzene rings is 1. The Morgan fingerprint density at radius 2 is 1.70 bits per heavy atom. The number of alkyl halides is 6. The molecule has 4 rings (SSSR count). The molecule has 1 amide bonds. The van der Waals surface area contributed by atoms with E-state index in [2.05, 4.69) is 15.1 Å². The first-order chi connectivity index (χ1) is 20.2. The molecule has 0 saturated carbocycles. The maximum atomic E-state index is 13.7. The molecule has 0 aliphatic carbocycles. The Morgan fingerprint density at radius 1 is 1.07 bits per heavy atom. The van der Waals surface area contributed by atoms with Gasteiger partial charge >= 0.3 is 18.3 Å². The lowest BCUT2D eigenvalue weighted by Gasteiger charge is -2.34. The molecule has 1 saturated heterocycles. The number of nitrogens with zero attached hydrogens (tertiary/aromatic N) is 4. The lowest BCUT2D eigenvalue weighted by Crippen LogP contribution is -2.54. The smallest absolute Gasteiger partial charge is 0.430 e. The summed E-state index contributed by atoms with van der Waals surface area (Å²) in [5.41, 5.74) is -8.85. The molecule has 1 fully saturated rings. The SMILES string of the molecule is C[C@H]1CCCCN1C(=O)c1nc(-c2noc(CC(C)(C)C(=O)O)n2)sc1-c1ccc(C(O)(C(F)(F)F)C(F)(F)F)c(Cl)c1Cl. The van der Waals surface area contributed by atoms with E-state index >= 15 is 0 Å². The minimum Gasteiger partial charge on any atom is -0.481 e. The zero-order valence-electron chi connectivity index (χ0n) is 23.1. The Morgan fingerprint density at radius 3 is 2.27 bits per heavy atom. The standard InChI is InChI=1S/C26H24Cl2F6N4O5S/c1-11-6-4-5-9-38(11)21(39)17-18(44-20(36-17)19-35-14(43-37-19)10-23(2,3)22(40)41)12-7-8-13(16(28)15(12)27)24(42,25(29,30)31)26(32,33)34/h7-8,11,42H,4-6,9-10H2,1-3H3,(H,40,41)/t11-/m0/s1. The van der Waals surface area contributed by atoms with Crippen LogP contribution in [0.2, 0.25) is 10.0 Å². The number of halogens is 8. The largest absolute Gasteiger partial charge is 0.481 e. The van der Waals surface area contributed by atoms with Crippen LogP contribution in [0.4, 0.5) is 26.3 Å². The molecule has 44 heavy (non-hydrogen) atoms. The predicted octanol–water partition coefficient (Wildman–Crippen LogP) is 7.15. The van der Waals surface area contributed by atoms with Crippen LogP contribution in [0.1, 0.15) is 62.0 Å². The molecule has 2 aromatic heterocycles. The number of likely N-dealkylation sites (tertiary alicyclic amines) is 1. The van der Waals surface area contributed by atoms with Crippen molar-refractivity contribution in [3.8, 4) is 21.3 Å². The van der Waals surface area contributed by atoms with E-state index in [1.54, 1.807) is 0 Å². The number of carboxylic acids is 1. The van der Waals surface area contributed by atoms with Crippen LogP contribution in [-0.4, -0.2) is 67.1 Å². The first-order valence-electron chi connectivity index (χ1n) is 12.9. The van der Waals surface area contributed by atoms with Gasteiger partial charge in [-0.1, -0.05) is 40.5 Å². The Labute approximate surface area is 259 Å². The summed E-state index contributed by atoms with van der Waals surface area (Å²) in [4.78, 5) is 35.2. The first kappa shape index (κ1) is 33.9. The molecular weight excluding hydrogens is 665 g/mol. The Hall–Kier alpha value is -2.95. The molecule has 18 heteroatoms. The van der Waals surface area contributed by atoms with Gasteiger partial charge in [0, 0.05) is 30.1 Å². The number of aliphatic hydroxyl groups is 1. The van der Waals surface area contributed by atoms with Crippen molar-refractivity contribution in [2.45, 2.75) is 70.4 Å². The molecule has 2 N–H and O–H groups in total. The van der Waals surface area contributed by atoms with Crippen LogP contribution in [0, 0.1) is 5.41 Å². The quantitative estimate of drug-likeness (QED) is 0.251. The molecule has 240 valence electrons. The van der Waals surface area contributed by atoms with Crippen LogP contribution < -0.4 is 0 Å². The molecule has 9 nitrogen and oxygen atoms in total. The third-order valence-electron chi connectivity index (χ3n) is 7.26. The minimum absolute atomic E-state index is 0.0329. The second kappa shape index (κ2) is 11.8. The van der Waals surface area contributed by atoms with E-state index in [-0.39, 0.29) is 45.3 Å². The van der Waals surface area contributed by atoms with Gasteiger partial charge in [0.1, 0.15) is 5.69 Å². The number of amides is 1. The second-order valence-electron chi connectivity index (χ2n) is 10.9. The van der Waals surface area contributed by atoms with Crippen LogP contribution in [0.3, 0.4) is 0 Å². The Kier molecular flexibility index (Phi) is 9.07. The van der Waals surface area contributed by atoms with Crippen molar-refractivity contribution < 1.29 is 50.7 Å². The third kappa shape index (κ3) is 6.00. The summed E-state index contributed by atoms with van der Waals surface area (Å²) in [7, 11) is 0. The predicted molar refractivity (Wildman–Crippen MR) is 146 cm³/mol. The molecule has 1 aliphatic heterocycles. The normalized spacial score (nSPS) is 16.8. The van der Waals surface area contributed by atoms with Crippen LogP contribution in [0.5, 0.6) is 0 Å². The van der Waals surface area contributed by atoms with Gasteiger partial charge in [-0.05, 0) is 40.0 Å². The molecule has 0 radical (unpaired) electrons. The Balaban J connectivity index is 1.87. The van der Waals surface area contributed by atoms with Crippen molar-refractivity contribution in [2.75, 3.05) is 6.54 Å². The van der Waals surface area contributed by atoms with Crippen LogP contribution in [-0.2, 0) is 16.8 Å². The maximum absolute atomic E-state index is 13.7. The molecule has 1 aliphatic rings.